The average molecular weight is 586 g/mol. The molecule has 9 heteroatoms. The van der Waals surface area contributed by atoms with Gasteiger partial charge in [-0.3, -0.25) is 13.9 Å². The van der Waals surface area contributed by atoms with Gasteiger partial charge in [0, 0.05) is 20.0 Å². The van der Waals surface area contributed by atoms with Gasteiger partial charge in [-0.25, -0.2) is 8.42 Å². The van der Waals surface area contributed by atoms with Gasteiger partial charge >= 0.3 is 0 Å². The molecule has 0 aromatic heterocycles. The molecule has 8 nitrogen and oxygen atoms in total. The molecule has 0 saturated carbocycles. The van der Waals surface area contributed by atoms with Crippen molar-refractivity contribution in [2.45, 2.75) is 30.8 Å². The van der Waals surface area contributed by atoms with Crippen LogP contribution < -0.4 is 14.4 Å². The van der Waals surface area contributed by atoms with Crippen molar-refractivity contribution in [3.05, 3.63) is 126 Å². The van der Waals surface area contributed by atoms with E-state index in [1.807, 2.05) is 43.3 Å². The van der Waals surface area contributed by atoms with E-state index in [9.17, 15) is 18.0 Å². The lowest BCUT2D eigenvalue weighted by molar-refractivity contribution is -0.139. The highest BCUT2D eigenvalue weighted by atomic mass is 32.2. The third kappa shape index (κ3) is 7.36. The molecule has 1 atom stereocenters. The van der Waals surface area contributed by atoms with Gasteiger partial charge in [-0.15, -0.1) is 0 Å². The predicted molar refractivity (Wildman–Crippen MR) is 164 cm³/mol. The fourth-order valence-corrected chi connectivity index (χ4v) is 6.08. The first-order chi connectivity index (χ1) is 20.2. The van der Waals surface area contributed by atoms with Crippen molar-refractivity contribution in [2.75, 3.05) is 25.0 Å². The Balaban J connectivity index is 1.78. The maximum atomic E-state index is 14.3. The Morgan fingerprint density at radius 1 is 0.833 bits per heavy atom. The first-order valence-corrected chi connectivity index (χ1v) is 15.0. The number of rotatable bonds is 12. The van der Waals surface area contributed by atoms with E-state index in [0.29, 0.717) is 11.4 Å². The van der Waals surface area contributed by atoms with Crippen LogP contribution in [0.25, 0.3) is 0 Å². The number of sulfonamides is 1. The van der Waals surface area contributed by atoms with Crippen molar-refractivity contribution in [1.29, 1.82) is 0 Å². The van der Waals surface area contributed by atoms with E-state index in [4.69, 9.17) is 4.74 Å². The number of nitrogens with one attached hydrogen (secondary N) is 1. The highest BCUT2D eigenvalue weighted by Gasteiger charge is 2.34. The number of methoxy groups -OCH3 is 1. The van der Waals surface area contributed by atoms with Crippen LogP contribution in [0, 0.1) is 6.92 Å². The summed E-state index contributed by atoms with van der Waals surface area (Å²) in [6.45, 7) is 1.46. The fourth-order valence-electron chi connectivity index (χ4n) is 4.65. The minimum atomic E-state index is -4.12. The highest BCUT2D eigenvalue weighted by molar-refractivity contribution is 7.92. The number of benzene rings is 4. The zero-order valence-corrected chi connectivity index (χ0v) is 24.8. The summed E-state index contributed by atoms with van der Waals surface area (Å²) in [7, 11) is -1.05. The van der Waals surface area contributed by atoms with Crippen LogP contribution in [0.5, 0.6) is 5.75 Å². The summed E-state index contributed by atoms with van der Waals surface area (Å²) in [5.74, 6) is -0.280. The molecule has 0 aliphatic heterocycles. The van der Waals surface area contributed by atoms with E-state index < -0.39 is 28.5 Å². The standard InChI is InChI=1S/C33H35N3O5S/c1-25-17-19-28(20-18-25)36(42(39,40)30-15-8-5-9-16-30)24-32(37)35(23-27-13-10-14-29(21-27)41-3)31(33(38)34-2)22-26-11-6-4-7-12-26/h4-21,31H,22-24H2,1-3H3,(H,34,38)/t31-/m0/s1. The zero-order chi connectivity index (χ0) is 30.1. The van der Waals surface area contributed by atoms with Gasteiger partial charge in [-0.05, 0) is 54.4 Å². The Morgan fingerprint density at radius 2 is 1.45 bits per heavy atom. The summed E-state index contributed by atoms with van der Waals surface area (Å²) in [5.41, 5.74) is 2.89. The van der Waals surface area contributed by atoms with Gasteiger partial charge in [0.1, 0.15) is 18.3 Å². The van der Waals surface area contributed by atoms with E-state index in [1.54, 1.807) is 67.8 Å². The molecule has 0 aliphatic rings. The number of hydrogen-bond acceptors (Lipinski definition) is 5. The molecule has 4 aromatic rings. The Kier molecular flexibility index (Phi) is 9.98. The van der Waals surface area contributed by atoms with Gasteiger partial charge < -0.3 is 15.0 Å². The van der Waals surface area contributed by atoms with Gasteiger partial charge in [0.05, 0.1) is 17.7 Å². The summed E-state index contributed by atoms with van der Waals surface area (Å²) in [6, 6.07) is 30.7. The molecule has 0 aliphatic carbocycles. The second kappa shape index (κ2) is 13.8. The van der Waals surface area contributed by atoms with E-state index in [2.05, 4.69) is 5.32 Å². The molecule has 0 fully saturated rings. The number of anilines is 1. The SMILES string of the molecule is CNC(=O)[C@H](Cc1ccccc1)N(Cc1cccc(OC)c1)C(=O)CN(c1ccc(C)cc1)S(=O)(=O)c1ccccc1. The number of carbonyl (C=O) groups excluding carboxylic acids is 2. The highest BCUT2D eigenvalue weighted by Crippen LogP contribution is 2.26. The molecule has 0 unspecified atom stereocenters. The molecule has 1 N–H and O–H groups in total. The summed E-state index contributed by atoms with van der Waals surface area (Å²) in [4.78, 5) is 29.1. The van der Waals surface area contributed by atoms with Crippen LogP contribution in [-0.4, -0.2) is 51.9 Å². The van der Waals surface area contributed by atoms with Crippen molar-refractivity contribution in [2.24, 2.45) is 0 Å². The van der Waals surface area contributed by atoms with Gasteiger partial charge in [-0.1, -0.05) is 78.4 Å². The molecule has 4 aromatic carbocycles. The first-order valence-electron chi connectivity index (χ1n) is 13.6. The second-order valence-corrected chi connectivity index (χ2v) is 11.7. The summed E-state index contributed by atoms with van der Waals surface area (Å²) in [6.07, 6.45) is 0.242. The molecule has 0 saturated heterocycles. The monoisotopic (exact) mass is 585 g/mol. The van der Waals surface area contributed by atoms with Crippen molar-refractivity contribution in [3.63, 3.8) is 0 Å². The quantitative estimate of drug-likeness (QED) is 0.263. The lowest BCUT2D eigenvalue weighted by Crippen LogP contribution is -2.53. The number of likely N-dealkylation sites (N-methyl/N-ethyl adjacent to an activating group) is 1. The van der Waals surface area contributed by atoms with Crippen molar-refractivity contribution in [1.82, 2.24) is 10.2 Å². The number of nitrogens with zero attached hydrogens (tertiary/aromatic N) is 2. The molecule has 0 radical (unpaired) electrons. The summed E-state index contributed by atoms with van der Waals surface area (Å²) >= 11 is 0. The molecule has 0 heterocycles. The van der Waals surface area contributed by atoms with E-state index in [0.717, 1.165) is 21.0 Å². The normalized spacial score (nSPS) is 11.8. The van der Waals surface area contributed by atoms with E-state index in [-0.39, 0.29) is 23.8 Å². The Hall–Kier alpha value is -4.63. The second-order valence-electron chi connectivity index (χ2n) is 9.85. The van der Waals surface area contributed by atoms with Crippen LogP contribution in [0.2, 0.25) is 0 Å². The van der Waals surface area contributed by atoms with Crippen LogP contribution in [0.4, 0.5) is 5.69 Å². The Labute approximate surface area is 247 Å². The lowest BCUT2D eigenvalue weighted by atomic mass is 10.0. The van der Waals surface area contributed by atoms with Crippen LogP contribution in [0.1, 0.15) is 16.7 Å². The molecule has 218 valence electrons. The maximum Gasteiger partial charge on any atom is 0.264 e. The summed E-state index contributed by atoms with van der Waals surface area (Å²) in [5, 5.41) is 2.69. The van der Waals surface area contributed by atoms with Crippen LogP contribution in [0.15, 0.2) is 114 Å². The van der Waals surface area contributed by atoms with Gasteiger partial charge in [0.15, 0.2) is 0 Å². The molecule has 0 bridgehead atoms. The average Bonchev–Trinajstić information content (AvgIpc) is 3.02. The number of hydrogen-bond donors (Lipinski definition) is 1. The van der Waals surface area contributed by atoms with Crippen LogP contribution >= 0.6 is 0 Å². The van der Waals surface area contributed by atoms with E-state index in [1.165, 1.54) is 24.1 Å². The number of amides is 2. The lowest BCUT2D eigenvalue weighted by Gasteiger charge is -2.33. The topological polar surface area (TPSA) is 96.0 Å². The van der Waals surface area contributed by atoms with Gasteiger partial charge in [0.2, 0.25) is 11.8 Å². The predicted octanol–water partition coefficient (Wildman–Crippen LogP) is 4.59. The Morgan fingerprint density at radius 3 is 2.07 bits per heavy atom. The molecule has 2 amide bonds. The molecular weight excluding hydrogens is 550 g/mol. The third-order valence-corrected chi connectivity index (χ3v) is 8.72. The molecule has 42 heavy (non-hydrogen) atoms. The van der Waals surface area contributed by atoms with E-state index >= 15 is 0 Å². The zero-order valence-electron chi connectivity index (χ0n) is 23.9. The van der Waals surface area contributed by atoms with Crippen molar-refractivity contribution >= 4 is 27.5 Å². The molecule has 0 spiro atoms. The Bertz CT molecular complexity index is 1590. The number of carbonyl (C=O) groups is 2. The summed E-state index contributed by atoms with van der Waals surface area (Å²) < 4.78 is 34.3. The van der Waals surface area contributed by atoms with Crippen LogP contribution in [0.3, 0.4) is 0 Å². The van der Waals surface area contributed by atoms with Gasteiger partial charge in [0.25, 0.3) is 10.0 Å². The molecular formula is C33H35N3O5S. The smallest absolute Gasteiger partial charge is 0.264 e. The minimum Gasteiger partial charge on any atom is -0.497 e. The van der Waals surface area contributed by atoms with Crippen LogP contribution in [-0.2, 0) is 32.6 Å². The third-order valence-electron chi connectivity index (χ3n) is 6.94. The fraction of sp³-hybridized carbons (Fsp3) is 0.212. The molecule has 4 rings (SSSR count). The number of ether oxygens (including phenoxy) is 1. The minimum absolute atomic E-state index is 0.0601. The number of aryl methyl sites for hydroxylation is 1. The first kappa shape index (κ1) is 30.3. The largest absolute Gasteiger partial charge is 0.497 e. The van der Waals surface area contributed by atoms with Crippen molar-refractivity contribution in [3.8, 4) is 5.75 Å². The maximum absolute atomic E-state index is 14.3. The van der Waals surface area contributed by atoms with Gasteiger partial charge in [-0.2, -0.15) is 0 Å². The van der Waals surface area contributed by atoms with Crippen molar-refractivity contribution < 1.29 is 22.7 Å².